The number of rotatable bonds is 6. The highest BCUT2D eigenvalue weighted by molar-refractivity contribution is 7.91. The first-order valence-corrected chi connectivity index (χ1v) is 13.3. The van der Waals surface area contributed by atoms with Gasteiger partial charge in [-0.3, -0.25) is 9.80 Å². The van der Waals surface area contributed by atoms with E-state index < -0.39 is 9.84 Å². The molecule has 5 nitrogen and oxygen atoms in total. The molecule has 0 unspecified atom stereocenters. The summed E-state index contributed by atoms with van der Waals surface area (Å²) in [7, 11) is -2.04. The van der Waals surface area contributed by atoms with Crippen LogP contribution in [-0.2, 0) is 15.4 Å². The third-order valence-electron chi connectivity index (χ3n) is 7.42. The van der Waals surface area contributed by atoms with Crippen LogP contribution in [0.1, 0.15) is 51.5 Å². The average molecular weight is 457 g/mol. The Morgan fingerprint density at radius 3 is 2.16 bits per heavy atom. The van der Waals surface area contributed by atoms with E-state index in [9.17, 15) is 8.42 Å². The van der Waals surface area contributed by atoms with Crippen LogP contribution in [0.4, 0.5) is 0 Å². The summed E-state index contributed by atoms with van der Waals surface area (Å²) in [6.07, 6.45) is 6.86. The summed E-state index contributed by atoms with van der Waals surface area (Å²) in [5.41, 5.74) is 1.00. The Kier molecular flexibility index (Phi) is 6.94. The lowest BCUT2D eigenvalue weighted by Gasteiger charge is -2.47. The SMILES string of the molecule is COc1cccc(S(=O)(=O)c2ccc(C(C)(C)N3CCN(C4CCCCC4)CC3)cc2)c1. The molecule has 1 saturated carbocycles. The van der Waals surface area contributed by atoms with Gasteiger partial charge in [0.05, 0.1) is 16.9 Å². The fourth-order valence-electron chi connectivity index (χ4n) is 5.22. The van der Waals surface area contributed by atoms with Crippen molar-refractivity contribution in [2.24, 2.45) is 0 Å². The molecule has 0 spiro atoms. The van der Waals surface area contributed by atoms with E-state index in [4.69, 9.17) is 4.74 Å². The molecule has 32 heavy (non-hydrogen) atoms. The van der Waals surface area contributed by atoms with Gasteiger partial charge >= 0.3 is 0 Å². The molecule has 0 bridgehead atoms. The maximum atomic E-state index is 13.1. The van der Waals surface area contributed by atoms with Gasteiger partial charge in [-0.15, -0.1) is 0 Å². The molecule has 2 aromatic rings. The van der Waals surface area contributed by atoms with E-state index in [0.717, 1.165) is 37.8 Å². The van der Waals surface area contributed by atoms with Gasteiger partial charge in [0.15, 0.2) is 0 Å². The maximum Gasteiger partial charge on any atom is 0.206 e. The third kappa shape index (κ3) is 4.73. The van der Waals surface area contributed by atoms with E-state index in [0.29, 0.717) is 10.6 Å². The lowest BCUT2D eigenvalue weighted by molar-refractivity contribution is 0.0243. The number of hydrogen-bond donors (Lipinski definition) is 0. The smallest absolute Gasteiger partial charge is 0.206 e. The molecular weight excluding hydrogens is 420 g/mol. The molecule has 0 aromatic heterocycles. The predicted molar refractivity (Wildman–Crippen MR) is 128 cm³/mol. The van der Waals surface area contributed by atoms with E-state index in [-0.39, 0.29) is 10.4 Å². The van der Waals surface area contributed by atoms with Crippen molar-refractivity contribution in [1.29, 1.82) is 0 Å². The lowest BCUT2D eigenvalue weighted by atomic mass is 9.90. The van der Waals surface area contributed by atoms with Gasteiger partial charge in [-0.25, -0.2) is 8.42 Å². The zero-order valence-corrected chi connectivity index (χ0v) is 20.4. The number of ether oxygens (including phenoxy) is 1. The molecule has 0 radical (unpaired) electrons. The first-order chi connectivity index (χ1) is 15.3. The van der Waals surface area contributed by atoms with Crippen molar-refractivity contribution in [3.63, 3.8) is 0 Å². The second-order valence-electron chi connectivity index (χ2n) is 9.58. The lowest BCUT2D eigenvalue weighted by Crippen LogP contribution is -2.55. The van der Waals surface area contributed by atoms with Crippen molar-refractivity contribution in [2.75, 3.05) is 33.3 Å². The largest absolute Gasteiger partial charge is 0.497 e. The molecule has 0 amide bonds. The summed E-state index contributed by atoms with van der Waals surface area (Å²) < 4.78 is 31.3. The molecule has 4 rings (SSSR count). The van der Waals surface area contributed by atoms with E-state index >= 15 is 0 Å². The average Bonchev–Trinajstić information content (AvgIpc) is 2.85. The number of piperazine rings is 1. The van der Waals surface area contributed by atoms with E-state index in [2.05, 4.69) is 23.6 Å². The molecule has 1 aliphatic carbocycles. The topological polar surface area (TPSA) is 49.9 Å². The molecule has 0 N–H and O–H groups in total. The quantitative estimate of drug-likeness (QED) is 0.630. The van der Waals surface area contributed by atoms with Gasteiger partial charge in [-0.1, -0.05) is 37.5 Å². The highest BCUT2D eigenvalue weighted by Gasteiger charge is 2.33. The van der Waals surface area contributed by atoms with Gasteiger partial charge < -0.3 is 4.74 Å². The number of hydrogen-bond acceptors (Lipinski definition) is 5. The van der Waals surface area contributed by atoms with Crippen LogP contribution in [0.25, 0.3) is 0 Å². The molecular formula is C26H36N2O3S. The number of methoxy groups -OCH3 is 1. The Bertz CT molecular complexity index is 1000. The summed E-state index contributed by atoms with van der Waals surface area (Å²) in [4.78, 5) is 5.79. The Hall–Kier alpha value is -1.89. The van der Waals surface area contributed by atoms with Crippen molar-refractivity contribution < 1.29 is 13.2 Å². The molecule has 2 aromatic carbocycles. The van der Waals surface area contributed by atoms with Crippen molar-refractivity contribution in [2.45, 2.75) is 67.3 Å². The van der Waals surface area contributed by atoms with Gasteiger partial charge in [-0.05, 0) is 62.6 Å². The van der Waals surface area contributed by atoms with Crippen LogP contribution in [-0.4, -0.2) is 57.5 Å². The third-order valence-corrected chi connectivity index (χ3v) is 9.19. The molecule has 1 heterocycles. The van der Waals surface area contributed by atoms with E-state index in [1.807, 2.05) is 12.1 Å². The molecule has 1 aliphatic heterocycles. The highest BCUT2D eigenvalue weighted by atomic mass is 32.2. The normalized spacial score (nSPS) is 19.7. The summed E-state index contributed by atoms with van der Waals surface area (Å²) in [5.74, 6) is 0.538. The zero-order valence-electron chi connectivity index (χ0n) is 19.6. The van der Waals surface area contributed by atoms with Gasteiger partial charge in [0.2, 0.25) is 9.84 Å². The minimum absolute atomic E-state index is 0.142. The van der Waals surface area contributed by atoms with E-state index in [1.54, 1.807) is 36.4 Å². The molecule has 2 aliphatic rings. The van der Waals surface area contributed by atoms with Crippen LogP contribution in [0.3, 0.4) is 0 Å². The van der Waals surface area contributed by atoms with Gasteiger partial charge in [-0.2, -0.15) is 0 Å². The molecule has 6 heteroatoms. The molecule has 174 valence electrons. The summed E-state index contributed by atoms with van der Waals surface area (Å²) in [6.45, 7) is 8.83. The van der Waals surface area contributed by atoms with Gasteiger partial charge in [0.1, 0.15) is 5.75 Å². The number of sulfone groups is 1. The summed E-state index contributed by atoms with van der Waals surface area (Å²) >= 11 is 0. The first-order valence-electron chi connectivity index (χ1n) is 11.8. The summed E-state index contributed by atoms with van der Waals surface area (Å²) in [5, 5.41) is 0. The van der Waals surface area contributed by atoms with E-state index in [1.165, 1.54) is 39.2 Å². The summed E-state index contributed by atoms with van der Waals surface area (Å²) in [6, 6.07) is 14.8. The minimum Gasteiger partial charge on any atom is -0.497 e. The van der Waals surface area contributed by atoms with Gasteiger partial charge in [0, 0.05) is 37.8 Å². The Balaban J connectivity index is 1.46. The van der Waals surface area contributed by atoms with Crippen LogP contribution >= 0.6 is 0 Å². The Morgan fingerprint density at radius 1 is 0.875 bits per heavy atom. The maximum absolute atomic E-state index is 13.1. The standard InChI is InChI=1S/C26H36N2O3S/c1-26(2,28-18-16-27(17-19-28)22-8-5-4-6-9-22)21-12-14-24(15-13-21)32(29,30)25-11-7-10-23(20-25)31-3/h7,10-15,20,22H,4-6,8-9,16-19H2,1-3H3. The second-order valence-corrected chi connectivity index (χ2v) is 11.5. The van der Waals surface area contributed by atoms with Crippen molar-refractivity contribution in [3.05, 3.63) is 54.1 Å². The second kappa shape index (κ2) is 9.54. The molecule has 0 atom stereocenters. The fourth-order valence-corrected chi connectivity index (χ4v) is 6.52. The Morgan fingerprint density at radius 2 is 1.53 bits per heavy atom. The first kappa shape index (κ1) is 23.3. The number of benzene rings is 2. The zero-order chi connectivity index (χ0) is 22.8. The monoisotopic (exact) mass is 456 g/mol. The van der Waals surface area contributed by atoms with Crippen LogP contribution < -0.4 is 4.74 Å². The fraction of sp³-hybridized carbons (Fsp3) is 0.538. The van der Waals surface area contributed by atoms with Crippen molar-refractivity contribution in [1.82, 2.24) is 9.80 Å². The minimum atomic E-state index is -3.58. The van der Waals surface area contributed by atoms with Crippen molar-refractivity contribution in [3.8, 4) is 5.75 Å². The predicted octanol–water partition coefficient (Wildman–Crippen LogP) is 4.71. The van der Waals surface area contributed by atoms with Gasteiger partial charge in [0.25, 0.3) is 0 Å². The van der Waals surface area contributed by atoms with Crippen LogP contribution in [0, 0.1) is 0 Å². The van der Waals surface area contributed by atoms with Crippen LogP contribution in [0.15, 0.2) is 58.3 Å². The highest BCUT2D eigenvalue weighted by Crippen LogP contribution is 2.32. The van der Waals surface area contributed by atoms with Crippen molar-refractivity contribution >= 4 is 9.84 Å². The molecule has 2 fully saturated rings. The number of nitrogens with zero attached hydrogens (tertiary/aromatic N) is 2. The van der Waals surface area contributed by atoms with Crippen LogP contribution in [0.5, 0.6) is 5.75 Å². The Labute approximate surface area is 193 Å². The molecule has 1 saturated heterocycles. The van der Waals surface area contributed by atoms with Crippen LogP contribution in [0.2, 0.25) is 0 Å².